The van der Waals surface area contributed by atoms with Crippen molar-refractivity contribution in [2.75, 3.05) is 7.11 Å². The predicted octanol–water partition coefficient (Wildman–Crippen LogP) is -2.08. The molecule has 0 aromatic carbocycles. The van der Waals surface area contributed by atoms with Crippen molar-refractivity contribution in [3.63, 3.8) is 0 Å². The fourth-order valence-electron chi connectivity index (χ4n) is 1.02. The van der Waals surface area contributed by atoms with Crippen molar-refractivity contribution in [1.82, 2.24) is 4.98 Å². The van der Waals surface area contributed by atoms with Gasteiger partial charge in [-0.2, -0.15) is 12.1 Å². The van der Waals surface area contributed by atoms with Crippen LogP contribution >= 0.6 is 0 Å². The van der Waals surface area contributed by atoms with Gasteiger partial charge in [-0.3, -0.25) is 4.79 Å². The van der Waals surface area contributed by atoms with E-state index in [4.69, 9.17) is 9.47 Å². The van der Waals surface area contributed by atoms with Crippen molar-refractivity contribution in [3.05, 3.63) is 23.9 Å². The fraction of sp³-hybridized carbons (Fsp3) is 0.364. The number of carbonyl (C=O) groups excluding carboxylic acids is 2. The standard InChI is InChI=1S/C11H12NO4.Li/c1-3-9(13)11(14)16-7-8-5-4-6-12-10(8)15-2;/h4,6H,3,7H2,1-2H3;/q-1;+1. The summed E-state index contributed by atoms with van der Waals surface area (Å²) in [4.78, 5) is 26.0. The van der Waals surface area contributed by atoms with Crippen molar-refractivity contribution in [2.24, 2.45) is 0 Å². The minimum absolute atomic E-state index is 0. The third-order valence-corrected chi connectivity index (χ3v) is 1.87. The molecule has 0 atom stereocenters. The van der Waals surface area contributed by atoms with E-state index >= 15 is 0 Å². The van der Waals surface area contributed by atoms with E-state index in [0.717, 1.165) is 0 Å². The number of esters is 1. The first kappa shape index (κ1) is 15.7. The van der Waals surface area contributed by atoms with E-state index < -0.39 is 11.8 Å². The molecule has 6 heteroatoms. The van der Waals surface area contributed by atoms with Gasteiger partial charge < -0.3 is 14.5 Å². The van der Waals surface area contributed by atoms with Gasteiger partial charge in [-0.15, -0.1) is 0 Å². The zero-order chi connectivity index (χ0) is 12.0. The number of nitrogens with zero attached hydrogens (tertiary/aromatic N) is 1. The molecule has 0 amide bonds. The van der Waals surface area contributed by atoms with Gasteiger partial charge in [0.1, 0.15) is 5.88 Å². The van der Waals surface area contributed by atoms with Crippen LogP contribution in [0.1, 0.15) is 18.9 Å². The van der Waals surface area contributed by atoms with Crippen LogP contribution in [0.4, 0.5) is 0 Å². The van der Waals surface area contributed by atoms with E-state index in [1.54, 1.807) is 13.0 Å². The Bertz CT molecular complexity index is 395. The molecule has 1 aromatic rings. The quantitative estimate of drug-likeness (QED) is 0.251. The van der Waals surface area contributed by atoms with Crippen molar-refractivity contribution in [3.8, 4) is 5.88 Å². The van der Waals surface area contributed by atoms with Crippen molar-refractivity contribution < 1.29 is 37.9 Å². The second kappa shape index (κ2) is 7.88. The van der Waals surface area contributed by atoms with Crippen molar-refractivity contribution in [2.45, 2.75) is 20.0 Å². The fourth-order valence-corrected chi connectivity index (χ4v) is 1.02. The number of ketones is 1. The number of carbonyl (C=O) groups is 2. The zero-order valence-electron chi connectivity index (χ0n) is 10.1. The number of methoxy groups -OCH3 is 1. The number of aromatic nitrogens is 1. The molecule has 0 spiro atoms. The Balaban J connectivity index is 0.00000256. The molecule has 0 radical (unpaired) electrons. The Morgan fingerprint density at radius 3 is 2.76 bits per heavy atom. The topological polar surface area (TPSA) is 65.5 Å². The van der Waals surface area contributed by atoms with Crippen LogP contribution in [0.3, 0.4) is 0 Å². The van der Waals surface area contributed by atoms with E-state index in [2.05, 4.69) is 11.1 Å². The summed E-state index contributed by atoms with van der Waals surface area (Å²) < 4.78 is 9.73. The van der Waals surface area contributed by atoms with Crippen LogP contribution in [-0.4, -0.2) is 23.8 Å². The average Bonchev–Trinajstić information content (AvgIpc) is 2.35. The minimum Gasteiger partial charge on any atom is -0.537 e. The molecule has 0 unspecified atom stereocenters. The molecular weight excluding hydrogens is 217 g/mol. The van der Waals surface area contributed by atoms with Crippen molar-refractivity contribution in [1.29, 1.82) is 0 Å². The van der Waals surface area contributed by atoms with E-state index in [1.165, 1.54) is 13.3 Å². The molecule has 0 bridgehead atoms. The number of hydrogen-bond acceptors (Lipinski definition) is 5. The molecule has 0 fully saturated rings. The first-order valence-electron chi connectivity index (χ1n) is 4.78. The van der Waals surface area contributed by atoms with Crippen LogP contribution in [0.15, 0.2) is 12.3 Å². The summed E-state index contributed by atoms with van der Waals surface area (Å²) in [5, 5.41) is 0. The molecule has 1 heterocycles. The van der Waals surface area contributed by atoms with Crippen molar-refractivity contribution >= 4 is 11.8 Å². The first-order chi connectivity index (χ1) is 7.69. The van der Waals surface area contributed by atoms with Crippen LogP contribution in [0, 0.1) is 6.07 Å². The largest absolute Gasteiger partial charge is 1.00 e. The number of hydrogen-bond donors (Lipinski definition) is 0. The molecular formula is C11H12LiNO4. The van der Waals surface area contributed by atoms with Crippen LogP contribution in [0.25, 0.3) is 0 Å². The maximum atomic E-state index is 11.1. The van der Waals surface area contributed by atoms with Gasteiger partial charge in [-0.1, -0.05) is 18.7 Å². The van der Waals surface area contributed by atoms with Crippen LogP contribution in [-0.2, 0) is 20.9 Å². The van der Waals surface area contributed by atoms with Gasteiger partial charge in [-0.05, 0) is 0 Å². The normalized spacial score (nSPS) is 9.06. The van der Waals surface area contributed by atoms with Crippen LogP contribution < -0.4 is 23.6 Å². The molecule has 0 saturated heterocycles. The first-order valence-corrected chi connectivity index (χ1v) is 4.78. The third-order valence-electron chi connectivity index (χ3n) is 1.87. The second-order valence-corrected chi connectivity index (χ2v) is 2.93. The summed E-state index contributed by atoms with van der Waals surface area (Å²) >= 11 is 0. The van der Waals surface area contributed by atoms with E-state index in [0.29, 0.717) is 11.4 Å². The van der Waals surface area contributed by atoms with Gasteiger partial charge in [0.2, 0.25) is 5.78 Å². The van der Waals surface area contributed by atoms with Gasteiger partial charge >= 0.3 is 24.8 Å². The number of pyridine rings is 1. The molecule has 5 nitrogen and oxygen atoms in total. The summed E-state index contributed by atoms with van der Waals surface area (Å²) in [5.74, 6) is -1.07. The molecule has 1 aromatic heterocycles. The maximum Gasteiger partial charge on any atom is 1.00 e. The second-order valence-electron chi connectivity index (χ2n) is 2.93. The molecule has 86 valence electrons. The Kier molecular flexibility index (Phi) is 7.27. The maximum absolute atomic E-state index is 11.1. The smallest absolute Gasteiger partial charge is 0.537 e. The molecule has 0 N–H and O–H groups in total. The molecule has 1 rings (SSSR count). The average molecular weight is 229 g/mol. The zero-order valence-corrected chi connectivity index (χ0v) is 10.1. The summed E-state index contributed by atoms with van der Waals surface area (Å²) in [5.41, 5.74) is 0.502. The van der Waals surface area contributed by atoms with Gasteiger partial charge in [-0.25, -0.2) is 4.79 Å². The molecule has 0 aliphatic carbocycles. The van der Waals surface area contributed by atoms with Gasteiger partial charge in [0.05, 0.1) is 13.7 Å². The van der Waals surface area contributed by atoms with Gasteiger partial charge in [0.25, 0.3) is 0 Å². The SMILES string of the molecule is CCC(=O)C(=O)OCc1[c-]ccnc1OC.[Li+]. The monoisotopic (exact) mass is 229 g/mol. The minimum atomic E-state index is -0.846. The number of rotatable bonds is 5. The Labute approximate surface area is 112 Å². The summed E-state index contributed by atoms with van der Waals surface area (Å²) in [7, 11) is 1.46. The molecule has 0 aliphatic rings. The van der Waals surface area contributed by atoms with E-state index in [-0.39, 0.29) is 31.9 Å². The molecule has 17 heavy (non-hydrogen) atoms. The van der Waals surface area contributed by atoms with Crippen LogP contribution in [0.5, 0.6) is 5.88 Å². The third kappa shape index (κ3) is 4.59. The van der Waals surface area contributed by atoms with Crippen LogP contribution in [0.2, 0.25) is 0 Å². The Hall–Kier alpha value is -1.31. The van der Waals surface area contributed by atoms with E-state index in [1.807, 2.05) is 0 Å². The number of Topliss-reactive ketones (excluding diaryl/α,β-unsaturated/α-hetero) is 1. The Morgan fingerprint density at radius 1 is 1.47 bits per heavy atom. The van der Waals surface area contributed by atoms with E-state index in [9.17, 15) is 9.59 Å². The van der Waals surface area contributed by atoms with Gasteiger partial charge in [0, 0.05) is 6.42 Å². The predicted molar refractivity (Wildman–Crippen MR) is 54.7 cm³/mol. The summed E-state index contributed by atoms with van der Waals surface area (Å²) in [6, 6.07) is 4.40. The summed E-state index contributed by atoms with van der Waals surface area (Å²) in [6.45, 7) is 1.53. The summed E-state index contributed by atoms with van der Waals surface area (Å²) in [6.07, 6.45) is 1.65. The molecule has 0 saturated carbocycles. The number of ether oxygens (including phenoxy) is 2. The van der Waals surface area contributed by atoms with Gasteiger partial charge in [0.15, 0.2) is 0 Å². The molecule has 0 aliphatic heterocycles. The Morgan fingerprint density at radius 2 is 2.18 bits per heavy atom.